The molecule has 0 spiro atoms. The van der Waals surface area contributed by atoms with Gasteiger partial charge >= 0.3 is 17.9 Å². The molecule has 196 valence electrons. The summed E-state index contributed by atoms with van der Waals surface area (Å²) in [5, 5.41) is 68.5. The molecule has 12 nitrogen and oxygen atoms in total. The van der Waals surface area contributed by atoms with Crippen molar-refractivity contribution in [3.8, 4) is 23.0 Å². The number of hydrogen-bond donors (Lipinski definition) is 7. The van der Waals surface area contributed by atoms with Gasteiger partial charge in [-0.05, 0) is 47.5 Å². The van der Waals surface area contributed by atoms with E-state index >= 15 is 0 Å². The van der Waals surface area contributed by atoms with Crippen molar-refractivity contribution in [3.63, 3.8) is 0 Å². The fourth-order valence-corrected chi connectivity index (χ4v) is 3.69. The number of aliphatic hydroxyl groups is 2. The van der Waals surface area contributed by atoms with Crippen LogP contribution in [0.15, 0.2) is 48.6 Å². The molecule has 1 aliphatic carbocycles. The third kappa shape index (κ3) is 6.99. The Morgan fingerprint density at radius 2 is 1.30 bits per heavy atom. The van der Waals surface area contributed by atoms with Crippen molar-refractivity contribution in [2.24, 2.45) is 0 Å². The second kappa shape index (κ2) is 11.0. The van der Waals surface area contributed by atoms with Crippen molar-refractivity contribution in [3.05, 3.63) is 59.7 Å². The summed E-state index contributed by atoms with van der Waals surface area (Å²) in [4.78, 5) is 36.2. The zero-order chi connectivity index (χ0) is 27.3. The highest BCUT2D eigenvalue weighted by Crippen LogP contribution is 2.33. The van der Waals surface area contributed by atoms with Crippen molar-refractivity contribution < 1.29 is 59.6 Å². The highest BCUT2D eigenvalue weighted by molar-refractivity contribution is 5.88. The average Bonchev–Trinajstić information content (AvgIpc) is 2.81. The lowest BCUT2D eigenvalue weighted by Crippen LogP contribution is -2.58. The number of carbonyl (C=O) groups excluding carboxylic acids is 2. The lowest BCUT2D eigenvalue weighted by Gasteiger charge is -2.40. The first-order valence-corrected chi connectivity index (χ1v) is 10.8. The number of phenolic OH excluding ortho intramolecular Hbond substituents is 4. The minimum Gasteiger partial charge on any atom is -0.508 e. The van der Waals surface area contributed by atoms with E-state index in [0.717, 1.165) is 18.2 Å². The molecule has 0 unspecified atom stereocenters. The summed E-state index contributed by atoms with van der Waals surface area (Å²) in [6.07, 6.45) is -1.97. The number of benzene rings is 2. The largest absolute Gasteiger partial charge is 0.508 e. The molecule has 12 heteroatoms. The Hall–Kier alpha value is -4.55. The van der Waals surface area contributed by atoms with Gasteiger partial charge in [0.1, 0.15) is 29.8 Å². The van der Waals surface area contributed by atoms with Crippen molar-refractivity contribution in [1.82, 2.24) is 0 Å². The lowest BCUT2D eigenvalue weighted by molar-refractivity contribution is -0.203. The first-order valence-electron chi connectivity index (χ1n) is 10.8. The van der Waals surface area contributed by atoms with E-state index in [1.54, 1.807) is 0 Å². The third-order valence-electron chi connectivity index (χ3n) is 5.52. The standard InChI is InChI=1S/C25H24O12/c26-15-7-14(8-16(27)10-15)3-6-22(31)37-20-12-25(35,24(33)34)11-19(23(20)32)36-21(30)5-2-13-1-4-17(28)18(29)9-13/h1-10,19-20,23,26-29,32,35H,11-12H2,(H,33,34)/b5-2+,6-3+/t19-,20-,23-,25+/m1/s1. The predicted molar refractivity (Wildman–Crippen MR) is 125 cm³/mol. The lowest BCUT2D eigenvalue weighted by atomic mass is 9.79. The molecule has 1 fully saturated rings. The fraction of sp³-hybridized carbons (Fsp3) is 0.240. The molecule has 1 saturated carbocycles. The van der Waals surface area contributed by atoms with Crippen LogP contribution in [0.4, 0.5) is 0 Å². The number of carboxylic acids is 1. The third-order valence-corrected chi connectivity index (χ3v) is 5.52. The van der Waals surface area contributed by atoms with Crippen LogP contribution in [0.2, 0.25) is 0 Å². The number of aromatic hydroxyl groups is 4. The smallest absolute Gasteiger partial charge is 0.335 e. The number of carboxylic acid groups (broad SMARTS) is 1. The molecule has 0 radical (unpaired) electrons. The van der Waals surface area contributed by atoms with E-state index in [9.17, 15) is 50.1 Å². The summed E-state index contributed by atoms with van der Waals surface area (Å²) in [7, 11) is 0. The zero-order valence-corrected chi connectivity index (χ0v) is 19.1. The van der Waals surface area contributed by atoms with E-state index in [1.165, 1.54) is 42.5 Å². The number of rotatable bonds is 7. The number of carbonyl (C=O) groups is 3. The number of ether oxygens (including phenoxy) is 2. The Balaban J connectivity index is 1.71. The average molecular weight is 516 g/mol. The monoisotopic (exact) mass is 516 g/mol. The molecule has 0 aliphatic heterocycles. The fourth-order valence-electron chi connectivity index (χ4n) is 3.69. The molecule has 0 amide bonds. The van der Waals surface area contributed by atoms with Gasteiger partial charge < -0.3 is 45.2 Å². The Morgan fingerprint density at radius 1 is 0.784 bits per heavy atom. The summed E-state index contributed by atoms with van der Waals surface area (Å²) in [6, 6.07) is 7.30. The number of phenols is 4. The van der Waals surface area contributed by atoms with Crippen molar-refractivity contribution in [2.45, 2.75) is 36.8 Å². The SMILES string of the molecule is O=C(/C=C/c1cc(O)cc(O)c1)O[C@@H]1C[C@](O)(C(=O)O)C[C@@H](OC(=O)/C=C/c2ccc(O)c(O)c2)[C@H]1O. The van der Waals surface area contributed by atoms with Gasteiger partial charge in [0.25, 0.3) is 0 Å². The minimum absolute atomic E-state index is 0.237. The van der Waals surface area contributed by atoms with Gasteiger partial charge in [-0.15, -0.1) is 0 Å². The summed E-state index contributed by atoms with van der Waals surface area (Å²) >= 11 is 0. The Labute approximate surface area is 209 Å². The van der Waals surface area contributed by atoms with Crippen LogP contribution in [0.25, 0.3) is 12.2 Å². The number of hydrogen-bond acceptors (Lipinski definition) is 11. The molecule has 4 atom stereocenters. The van der Waals surface area contributed by atoms with Crippen LogP contribution in [0.1, 0.15) is 24.0 Å². The van der Waals surface area contributed by atoms with Crippen molar-refractivity contribution in [2.75, 3.05) is 0 Å². The molecule has 0 saturated heterocycles. The van der Waals surface area contributed by atoms with Crippen LogP contribution >= 0.6 is 0 Å². The van der Waals surface area contributed by atoms with Crippen LogP contribution in [0.3, 0.4) is 0 Å². The maximum atomic E-state index is 12.3. The number of aliphatic hydroxyl groups excluding tert-OH is 1. The molecular formula is C25H24O12. The second-order valence-electron chi connectivity index (χ2n) is 8.38. The first-order chi connectivity index (χ1) is 17.4. The summed E-state index contributed by atoms with van der Waals surface area (Å²) in [5.41, 5.74) is -1.93. The van der Waals surface area contributed by atoms with Crippen molar-refractivity contribution in [1.29, 1.82) is 0 Å². The van der Waals surface area contributed by atoms with E-state index in [-0.39, 0.29) is 22.8 Å². The number of esters is 2. The maximum Gasteiger partial charge on any atom is 0.335 e. The molecule has 0 bridgehead atoms. The molecule has 3 rings (SSSR count). The Bertz CT molecular complexity index is 1230. The Kier molecular flexibility index (Phi) is 8.05. The van der Waals surface area contributed by atoms with E-state index in [1.807, 2.05) is 0 Å². The van der Waals surface area contributed by atoms with Gasteiger partial charge in [-0.1, -0.05) is 6.07 Å². The van der Waals surface area contributed by atoms with Crippen LogP contribution in [0, 0.1) is 0 Å². The van der Waals surface area contributed by atoms with Gasteiger partial charge in [-0.2, -0.15) is 0 Å². The van der Waals surface area contributed by atoms with Gasteiger partial charge in [0.05, 0.1) is 0 Å². The highest BCUT2D eigenvalue weighted by atomic mass is 16.6. The van der Waals surface area contributed by atoms with Crippen LogP contribution in [-0.2, 0) is 23.9 Å². The van der Waals surface area contributed by atoms with Crippen molar-refractivity contribution >= 4 is 30.1 Å². The molecule has 37 heavy (non-hydrogen) atoms. The second-order valence-corrected chi connectivity index (χ2v) is 8.38. The van der Waals surface area contributed by atoms with E-state index in [4.69, 9.17) is 9.47 Å². The summed E-state index contributed by atoms with van der Waals surface area (Å²) < 4.78 is 10.2. The molecule has 7 N–H and O–H groups in total. The topological polar surface area (TPSA) is 211 Å². The quantitative estimate of drug-likeness (QED) is 0.156. The summed E-state index contributed by atoms with van der Waals surface area (Å²) in [5.74, 6) is -5.06. The summed E-state index contributed by atoms with van der Waals surface area (Å²) in [6.45, 7) is 0. The predicted octanol–water partition coefficient (Wildman–Crippen LogP) is 1.03. The molecule has 2 aromatic rings. The molecule has 2 aromatic carbocycles. The van der Waals surface area contributed by atoms with E-state index < -0.39 is 60.4 Å². The molecular weight excluding hydrogens is 492 g/mol. The van der Waals surface area contributed by atoms with E-state index in [0.29, 0.717) is 5.56 Å². The maximum absolute atomic E-state index is 12.3. The van der Waals surface area contributed by atoms with Gasteiger partial charge in [0.15, 0.2) is 17.1 Å². The van der Waals surface area contributed by atoms with Gasteiger partial charge in [-0.3, -0.25) is 0 Å². The van der Waals surface area contributed by atoms with Gasteiger partial charge in [0, 0.05) is 31.1 Å². The highest BCUT2D eigenvalue weighted by Gasteiger charge is 2.52. The Morgan fingerprint density at radius 3 is 1.78 bits per heavy atom. The van der Waals surface area contributed by atoms with Crippen LogP contribution < -0.4 is 0 Å². The zero-order valence-electron chi connectivity index (χ0n) is 19.1. The number of aliphatic carboxylic acids is 1. The molecule has 0 heterocycles. The normalized spacial score (nSPS) is 23.7. The van der Waals surface area contributed by atoms with Gasteiger partial charge in [-0.25, -0.2) is 14.4 Å². The van der Waals surface area contributed by atoms with Crippen LogP contribution in [-0.4, -0.2) is 77.6 Å². The van der Waals surface area contributed by atoms with Gasteiger partial charge in [0.2, 0.25) is 0 Å². The van der Waals surface area contributed by atoms with Crippen LogP contribution in [0.5, 0.6) is 23.0 Å². The molecule has 0 aromatic heterocycles. The first kappa shape index (κ1) is 27.0. The molecule has 1 aliphatic rings. The minimum atomic E-state index is -2.48. The van der Waals surface area contributed by atoms with E-state index in [2.05, 4.69) is 0 Å².